The van der Waals surface area contributed by atoms with Crippen LogP contribution in [0.2, 0.25) is 0 Å². The Morgan fingerprint density at radius 3 is 2.45 bits per heavy atom. The first-order valence-corrected chi connectivity index (χ1v) is 13.7. The minimum Gasteiger partial charge on any atom is -0.358 e. The summed E-state index contributed by atoms with van der Waals surface area (Å²) in [5.74, 6) is -4.25. The van der Waals surface area contributed by atoms with Crippen LogP contribution in [0, 0.1) is 5.82 Å². The van der Waals surface area contributed by atoms with E-state index in [0.717, 1.165) is 6.07 Å². The van der Waals surface area contributed by atoms with Crippen LogP contribution in [-0.4, -0.2) is 67.4 Å². The summed E-state index contributed by atoms with van der Waals surface area (Å²) in [4.78, 5) is 22.6. The molecule has 2 fully saturated rings. The van der Waals surface area contributed by atoms with Gasteiger partial charge in [-0.05, 0) is 30.0 Å². The molecule has 0 spiro atoms. The first-order chi connectivity index (χ1) is 20.9. The highest BCUT2D eigenvalue weighted by atomic mass is 19.4. The normalized spacial score (nSPS) is 17.5. The third-order valence-corrected chi connectivity index (χ3v) is 7.71. The Labute approximate surface area is 246 Å². The molecular weight excluding hydrogens is 594 g/mol. The quantitative estimate of drug-likeness (QED) is 0.229. The molecule has 232 valence electrons. The molecule has 4 aromatic rings. The Kier molecular flexibility index (Phi) is 7.55. The number of nitrogens with one attached hydrogen (secondary N) is 2. The summed E-state index contributed by atoms with van der Waals surface area (Å²) >= 11 is 0. The van der Waals surface area contributed by atoms with Gasteiger partial charge in [0.2, 0.25) is 11.9 Å². The Morgan fingerprint density at radius 2 is 1.80 bits per heavy atom. The second-order valence-electron chi connectivity index (χ2n) is 11.0. The fourth-order valence-corrected chi connectivity index (χ4v) is 5.05. The summed E-state index contributed by atoms with van der Waals surface area (Å²) in [6.45, 7) is 1.01. The molecule has 44 heavy (non-hydrogen) atoms. The molecule has 1 saturated carbocycles. The monoisotopic (exact) mass is 620 g/mol. The van der Waals surface area contributed by atoms with Crippen LogP contribution in [0.5, 0.6) is 0 Å². The van der Waals surface area contributed by atoms with Crippen molar-refractivity contribution in [2.24, 2.45) is 0 Å². The molecule has 10 nitrogen and oxygen atoms in total. The SMILES string of the molecule is O=C(Cc1ccc(-c2cnc(Nc3cnn(CCN4CCC(F)(F)C4)c3)nc2)cc1F)Nc1cc(C2(C(F)(F)F)CC2)on1. The summed E-state index contributed by atoms with van der Waals surface area (Å²) in [7, 11) is 0. The number of hydrogen-bond donors (Lipinski definition) is 2. The van der Waals surface area contributed by atoms with Crippen molar-refractivity contribution >= 4 is 23.4 Å². The maximum Gasteiger partial charge on any atom is 0.401 e. The van der Waals surface area contributed by atoms with Crippen LogP contribution >= 0.6 is 0 Å². The van der Waals surface area contributed by atoms with Gasteiger partial charge in [-0.1, -0.05) is 17.3 Å². The maximum absolute atomic E-state index is 14.9. The van der Waals surface area contributed by atoms with Crippen molar-refractivity contribution in [2.45, 2.75) is 49.7 Å². The predicted molar refractivity (Wildman–Crippen MR) is 145 cm³/mol. The topological polar surface area (TPSA) is 114 Å². The zero-order valence-electron chi connectivity index (χ0n) is 23.0. The molecule has 1 aliphatic carbocycles. The molecule has 2 aliphatic rings. The van der Waals surface area contributed by atoms with E-state index in [9.17, 15) is 31.1 Å². The molecule has 0 atom stereocenters. The highest BCUT2D eigenvalue weighted by Crippen LogP contribution is 2.59. The Bertz CT molecular complexity index is 1650. The summed E-state index contributed by atoms with van der Waals surface area (Å²) in [5, 5.41) is 13.1. The van der Waals surface area contributed by atoms with Crippen molar-refractivity contribution < 1.29 is 35.7 Å². The largest absolute Gasteiger partial charge is 0.401 e. The van der Waals surface area contributed by atoms with Gasteiger partial charge in [0.1, 0.15) is 11.2 Å². The van der Waals surface area contributed by atoms with Crippen molar-refractivity contribution in [3.63, 3.8) is 0 Å². The van der Waals surface area contributed by atoms with Crippen LogP contribution in [0.3, 0.4) is 0 Å². The molecule has 6 rings (SSSR count). The van der Waals surface area contributed by atoms with Gasteiger partial charge < -0.3 is 15.2 Å². The van der Waals surface area contributed by atoms with E-state index in [-0.39, 0.29) is 55.3 Å². The third-order valence-electron chi connectivity index (χ3n) is 7.71. The summed E-state index contributed by atoms with van der Waals surface area (Å²) in [6, 6.07) is 5.28. The van der Waals surface area contributed by atoms with Crippen LogP contribution in [0.1, 0.15) is 30.6 Å². The van der Waals surface area contributed by atoms with Crippen LogP contribution < -0.4 is 10.6 Å². The predicted octanol–water partition coefficient (Wildman–Crippen LogP) is 5.33. The van der Waals surface area contributed by atoms with E-state index >= 15 is 0 Å². The van der Waals surface area contributed by atoms with Crippen molar-refractivity contribution in [1.29, 1.82) is 0 Å². The second-order valence-corrected chi connectivity index (χ2v) is 11.0. The molecule has 4 heterocycles. The smallest absolute Gasteiger partial charge is 0.358 e. The number of likely N-dealkylation sites (tertiary alicyclic amines) is 1. The van der Waals surface area contributed by atoms with Crippen LogP contribution in [0.15, 0.2) is 53.6 Å². The summed E-state index contributed by atoms with van der Waals surface area (Å²) < 4.78 is 87.9. The standard InChI is InChI=1S/C28H26F6N8O2/c29-21-9-17(1-2-18(21)10-24(43)39-23-11-22(44-40-23)26(3-4-26)28(32,33)34)19-12-35-25(36-13-19)38-20-14-37-42(15-20)8-7-41-6-5-27(30,31)16-41/h1-2,9,11-15H,3-8,10,16H2,(H,35,36,38)(H,39,40,43). The van der Waals surface area contributed by atoms with E-state index in [2.05, 4.69) is 30.9 Å². The minimum absolute atomic E-state index is 0.0681. The molecule has 0 radical (unpaired) electrons. The second kappa shape index (κ2) is 11.2. The molecule has 3 aromatic heterocycles. The lowest BCUT2D eigenvalue weighted by Crippen LogP contribution is -2.28. The number of carbonyl (C=O) groups is 1. The number of halogens is 6. The van der Waals surface area contributed by atoms with E-state index in [0.29, 0.717) is 36.4 Å². The van der Waals surface area contributed by atoms with Gasteiger partial charge in [0.15, 0.2) is 11.6 Å². The highest BCUT2D eigenvalue weighted by molar-refractivity contribution is 5.91. The fraction of sp³-hybridized carbons (Fsp3) is 0.393. The van der Waals surface area contributed by atoms with Crippen LogP contribution in [-0.2, 0) is 23.2 Å². The first-order valence-electron chi connectivity index (χ1n) is 13.7. The molecule has 16 heteroatoms. The first kappa shape index (κ1) is 29.6. The van der Waals surface area contributed by atoms with Crippen molar-refractivity contribution in [2.75, 3.05) is 30.3 Å². The van der Waals surface area contributed by atoms with Crippen LogP contribution in [0.25, 0.3) is 11.1 Å². The van der Waals surface area contributed by atoms with E-state index in [4.69, 9.17) is 4.52 Å². The lowest BCUT2D eigenvalue weighted by Gasteiger charge is -2.15. The minimum atomic E-state index is -4.48. The fourth-order valence-electron chi connectivity index (χ4n) is 5.05. The van der Waals surface area contributed by atoms with E-state index in [1.165, 1.54) is 24.5 Å². The highest BCUT2D eigenvalue weighted by Gasteiger charge is 2.67. The van der Waals surface area contributed by atoms with Gasteiger partial charge in [-0.3, -0.25) is 14.4 Å². The van der Waals surface area contributed by atoms with E-state index in [1.54, 1.807) is 28.0 Å². The Hall–Kier alpha value is -4.47. The average molecular weight is 621 g/mol. The number of nitrogens with zero attached hydrogens (tertiary/aromatic N) is 6. The van der Waals surface area contributed by atoms with E-state index in [1.807, 2.05) is 0 Å². The van der Waals surface area contributed by atoms with Gasteiger partial charge in [0, 0.05) is 49.7 Å². The molecule has 1 amide bonds. The molecule has 1 aliphatic heterocycles. The number of alkyl halides is 5. The van der Waals surface area contributed by atoms with Gasteiger partial charge in [-0.15, -0.1) is 0 Å². The van der Waals surface area contributed by atoms with Gasteiger partial charge in [0.25, 0.3) is 5.92 Å². The number of aromatic nitrogens is 5. The van der Waals surface area contributed by atoms with Crippen LogP contribution in [0.4, 0.5) is 43.8 Å². The van der Waals surface area contributed by atoms with Crippen molar-refractivity contribution in [3.8, 4) is 11.1 Å². The lowest BCUT2D eigenvalue weighted by atomic mass is 10.0. The van der Waals surface area contributed by atoms with Gasteiger partial charge in [0.05, 0.1) is 31.4 Å². The average Bonchev–Trinajstić information content (AvgIpc) is 3.26. The zero-order valence-corrected chi connectivity index (χ0v) is 23.0. The molecule has 0 unspecified atom stereocenters. The summed E-state index contributed by atoms with van der Waals surface area (Å²) in [6.07, 6.45) is 1.04. The molecule has 1 saturated heterocycles. The Balaban J connectivity index is 1.01. The summed E-state index contributed by atoms with van der Waals surface area (Å²) in [5.41, 5.74) is -0.420. The molecule has 1 aromatic carbocycles. The van der Waals surface area contributed by atoms with Crippen molar-refractivity contribution in [1.82, 2.24) is 29.8 Å². The number of amides is 1. The number of rotatable bonds is 10. The number of carbonyl (C=O) groups excluding carboxylic acids is 1. The molecule has 2 N–H and O–H groups in total. The number of benzene rings is 1. The maximum atomic E-state index is 14.9. The third kappa shape index (κ3) is 6.39. The van der Waals surface area contributed by atoms with Crippen molar-refractivity contribution in [3.05, 3.63) is 66.2 Å². The Morgan fingerprint density at radius 1 is 1.02 bits per heavy atom. The zero-order chi connectivity index (χ0) is 31.1. The number of hydrogen-bond acceptors (Lipinski definition) is 8. The lowest BCUT2D eigenvalue weighted by molar-refractivity contribution is -0.165. The van der Waals surface area contributed by atoms with E-state index < -0.39 is 29.2 Å². The van der Waals surface area contributed by atoms with Gasteiger partial charge in [-0.2, -0.15) is 18.3 Å². The number of anilines is 3. The molecular formula is C28H26F6N8O2. The van der Waals surface area contributed by atoms with Gasteiger partial charge >= 0.3 is 6.18 Å². The molecule has 0 bridgehead atoms. The van der Waals surface area contributed by atoms with Gasteiger partial charge in [-0.25, -0.2) is 23.1 Å².